The fourth-order valence-electron chi connectivity index (χ4n) is 5.40. The van der Waals surface area contributed by atoms with Crippen LogP contribution in [0.15, 0.2) is 60.7 Å². The van der Waals surface area contributed by atoms with E-state index in [4.69, 9.17) is 0 Å². The van der Waals surface area contributed by atoms with Crippen LogP contribution in [0, 0.1) is 20.8 Å². The molecule has 0 amide bonds. The van der Waals surface area contributed by atoms with Gasteiger partial charge in [-0.25, -0.2) is 0 Å². The zero-order valence-electron chi connectivity index (χ0n) is 21.5. The number of hydrogen-bond acceptors (Lipinski definition) is 0. The minimum Gasteiger partial charge on any atom is -0.358 e. The van der Waals surface area contributed by atoms with E-state index in [1.165, 1.54) is 51.4 Å². The molecule has 180 valence electrons. The summed E-state index contributed by atoms with van der Waals surface area (Å²) in [7, 11) is -1.42. The van der Waals surface area contributed by atoms with Crippen LogP contribution in [0.4, 0.5) is 0 Å². The fraction of sp³-hybridized carbons (Fsp3) is 0.517. The van der Waals surface area contributed by atoms with Gasteiger partial charge in [-0.2, -0.15) is 0 Å². The van der Waals surface area contributed by atoms with E-state index in [0.717, 1.165) is 17.1 Å². The second-order valence-corrected chi connectivity index (χ2v) is 17.9. The Labute approximate surface area is 213 Å². The van der Waals surface area contributed by atoms with E-state index in [9.17, 15) is 0 Å². The standard InChI is InChI=1S/C22H31PSi.C5H10.2CH3.Fe/c1-5-18-16-17-21(24(2,3)4)22(18)23(19-12-8-6-9-13-19)20-14-10-7-11-15-20;1-2-4-5-3-1;;;/h6-15,18,21-22H,5,16-17H2,1-4H3;1-5H2;2*1H3;/q;;2*-1;+2. The molecule has 0 N–H and O–H groups in total. The van der Waals surface area contributed by atoms with Gasteiger partial charge < -0.3 is 14.9 Å². The molecule has 0 nitrogen and oxygen atoms in total. The maximum absolute atomic E-state index is 2.59. The minimum atomic E-state index is -1.16. The molecule has 0 heterocycles. The van der Waals surface area contributed by atoms with E-state index >= 15 is 0 Å². The fourth-order valence-corrected chi connectivity index (χ4v) is 12.8. The third-order valence-electron chi connectivity index (χ3n) is 7.00. The molecule has 0 spiro atoms. The molecule has 3 heteroatoms. The third-order valence-corrected chi connectivity index (χ3v) is 13.2. The van der Waals surface area contributed by atoms with Gasteiger partial charge >= 0.3 is 17.1 Å². The van der Waals surface area contributed by atoms with Crippen molar-refractivity contribution in [1.29, 1.82) is 0 Å². The average molecular weight is 511 g/mol. The van der Waals surface area contributed by atoms with Gasteiger partial charge in [0.25, 0.3) is 0 Å². The smallest absolute Gasteiger partial charge is 0.358 e. The second-order valence-electron chi connectivity index (χ2n) is 10.0. The first kappa shape index (κ1) is 31.6. The van der Waals surface area contributed by atoms with Crippen LogP contribution in [0.25, 0.3) is 0 Å². The van der Waals surface area contributed by atoms with Crippen LogP contribution >= 0.6 is 7.92 Å². The molecule has 0 aromatic heterocycles. The Morgan fingerprint density at radius 2 is 1.12 bits per heavy atom. The zero-order valence-corrected chi connectivity index (χ0v) is 24.5. The summed E-state index contributed by atoms with van der Waals surface area (Å²) in [5, 5.41) is 3.15. The molecule has 2 aliphatic carbocycles. The predicted molar refractivity (Wildman–Crippen MR) is 149 cm³/mol. The van der Waals surface area contributed by atoms with Crippen LogP contribution in [0.1, 0.15) is 58.3 Å². The Hall–Kier alpha value is -0.394. The molecule has 0 bridgehead atoms. The molecule has 0 radical (unpaired) electrons. The summed E-state index contributed by atoms with van der Waals surface area (Å²) in [5.74, 6) is 0.897. The summed E-state index contributed by atoms with van der Waals surface area (Å²) in [5.41, 5.74) is 1.82. The van der Waals surface area contributed by atoms with E-state index in [-0.39, 0.29) is 39.8 Å². The van der Waals surface area contributed by atoms with Crippen molar-refractivity contribution in [2.24, 2.45) is 5.92 Å². The van der Waals surface area contributed by atoms with Gasteiger partial charge in [-0.3, -0.25) is 0 Å². The number of rotatable bonds is 5. The van der Waals surface area contributed by atoms with Crippen LogP contribution in [-0.2, 0) is 17.1 Å². The Morgan fingerprint density at radius 3 is 1.47 bits per heavy atom. The van der Waals surface area contributed by atoms with E-state index in [0.29, 0.717) is 0 Å². The molecule has 32 heavy (non-hydrogen) atoms. The summed E-state index contributed by atoms with van der Waals surface area (Å²) in [6.45, 7) is 10.2. The van der Waals surface area contributed by atoms with Crippen molar-refractivity contribution in [2.75, 3.05) is 0 Å². The second kappa shape index (κ2) is 15.5. The number of benzene rings is 2. The van der Waals surface area contributed by atoms with E-state index < -0.39 is 8.07 Å². The quantitative estimate of drug-likeness (QED) is 0.214. The SMILES string of the molecule is C1CCCC1.CCC1CCC([Si](C)(C)C)C1P(c1ccccc1)c1ccccc1.[CH3-].[CH3-].[Fe+2]. The van der Waals surface area contributed by atoms with Gasteiger partial charge in [0.15, 0.2) is 0 Å². The van der Waals surface area contributed by atoms with Crippen molar-refractivity contribution >= 4 is 26.6 Å². The minimum absolute atomic E-state index is 0. The first-order valence-corrected chi connectivity index (χ1v) is 16.9. The summed E-state index contributed by atoms with van der Waals surface area (Å²) < 4.78 is 0. The van der Waals surface area contributed by atoms with Crippen molar-refractivity contribution in [1.82, 2.24) is 0 Å². The van der Waals surface area contributed by atoms with Gasteiger partial charge in [0.05, 0.1) is 0 Å². The van der Waals surface area contributed by atoms with Gasteiger partial charge in [-0.15, -0.1) is 0 Å². The Kier molecular flexibility index (Phi) is 15.3. The topological polar surface area (TPSA) is 0 Å². The average Bonchev–Trinajstić information content (AvgIpc) is 3.43. The molecule has 2 aliphatic rings. The van der Waals surface area contributed by atoms with Gasteiger partial charge in [-0.05, 0) is 42.1 Å². The van der Waals surface area contributed by atoms with Gasteiger partial charge in [-0.1, -0.05) is 132 Å². The first-order valence-electron chi connectivity index (χ1n) is 11.9. The van der Waals surface area contributed by atoms with Gasteiger partial charge in [0.2, 0.25) is 0 Å². The Balaban J connectivity index is 0.00000106. The molecule has 2 aromatic rings. The van der Waals surface area contributed by atoms with E-state index in [1.54, 1.807) is 10.6 Å². The predicted octanol–water partition coefficient (Wildman–Crippen LogP) is 8.86. The van der Waals surface area contributed by atoms with Crippen LogP contribution in [-0.4, -0.2) is 13.7 Å². The monoisotopic (exact) mass is 510 g/mol. The number of hydrogen-bond donors (Lipinski definition) is 0. The molecular formula is C29H47FePSi. The Morgan fingerprint density at radius 1 is 0.719 bits per heavy atom. The molecule has 2 saturated carbocycles. The molecule has 0 saturated heterocycles. The summed E-state index contributed by atoms with van der Waals surface area (Å²) in [6.07, 6.45) is 11.7. The molecule has 3 unspecified atom stereocenters. The molecule has 2 aromatic carbocycles. The van der Waals surface area contributed by atoms with Gasteiger partial charge in [0.1, 0.15) is 0 Å². The van der Waals surface area contributed by atoms with E-state index in [2.05, 4.69) is 87.2 Å². The van der Waals surface area contributed by atoms with Gasteiger partial charge in [0, 0.05) is 8.07 Å². The largest absolute Gasteiger partial charge is 2.00 e. The zero-order chi connectivity index (χ0) is 20.7. The maximum atomic E-state index is 2.59. The normalized spacial score (nSPS) is 22.1. The summed E-state index contributed by atoms with van der Waals surface area (Å²) in [6, 6.07) is 22.8. The van der Waals surface area contributed by atoms with Crippen molar-refractivity contribution < 1.29 is 17.1 Å². The molecular weight excluding hydrogens is 463 g/mol. The van der Waals surface area contributed by atoms with Crippen molar-refractivity contribution in [2.45, 2.75) is 89.1 Å². The summed E-state index contributed by atoms with van der Waals surface area (Å²) >= 11 is 0. The van der Waals surface area contributed by atoms with Crippen molar-refractivity contribution in [3.8, 4) is 0 Å². The van der Waals surface area contributed by atoms with Crippen molar-refractivity contribution in [3.63, 3.8) is 0 Å². The maximum Gasteiger partial charge on any atom is 2.00 e. The molecule has 3 atom stereocenters. The van der Waals surface area contributed by atoms with E-state index in [1.807, 2.05) is 0 Å². The van der Waals surface area contributed by atoms with Crippen LogP contribution < -0.4 is 10.6 Å². The van der Waals surface area contributed by atoms with Crippen LogP contribution in [0.3, 0.4) is 0 Å². The Bertz CT molecular complexity index is 662. The third kappa shape index (κ3) is 8.43. The molecule has 4 rings (SSSR count). The summed E-state index contributed by atoms with van der Waals surface area (Å²) in [4.78, 5) is 0. The van der Waals surface area contributed by atoms with Crippen LogP contribution in [0.5, 0.6) is 0 Å². The molecule has 0 aliphatic heterocycles. The van der Waals surface area contributed by atoms with Crippen molar-refractivity contribution in [3.05, 3.63) is 75.5 Å². The van der Waals surface area contributed by atoms with Crippen LogP contribution in [0.2, 0.25) is 25.2 Å². The first-order chi connectivity index (χ1) is 14.0. The molecule has 2 fully saturated rings.